The summed E-state index contributed by atoms with van der Waals surface area (Å²) in [7, 11) is 6.31. The van der Waals surface area contributed by atoms with E-state index in [2.05, 4.69) is 44.8 Å². The number of hydrogen-bond donors (Lipinski definition) is 1. The predicted octanol–water partition coefficient (Wildman–Crippen LogP) is 0.607. The molecule has 0 bridgehead atoms. The van der Waals surface area contributed by atoms with Crippen molar-refractivity contribution < 1.29 is 0 Å². The van der Waals surface area contributed by atoms with Crippen molar-refractivity contribution in [1.82, 2.24) is 9.80 Å². The Balaban J connectivity index is 3.67. The largest absolute Gasteiger partial charge is 0.324 e. The molecule has 0 rings (SSSR count). The van der Waals surface area contributed by atoms with Crippen LogP contribution in [0, 0.1) is 0 Å². The van der Waals surface area contributed by atoms with Crippen LogP contribution in [0.1, 0.15) is 20.3 Å². The fourth-order valence-electron chi connectivity index (χ4n) is 1.18. The Bertz CT molecular complexity index is 132. The Morgan fingerprint density at radius 3 is 2.08 bits per heavy atom. The predicted molar refractivity (Wildman–Crippen MR) is 58.9 cm³/mol. The van der Waals surface area contributed by atoms with Crippen LogP contribution in [-0.2, 0) is 0 Å². The van der Waals surface area contributed by atoms with Crippen LogP contribution in [0.2, 0.25) is 0 Å². The van der Waals surface area contributed by atoms with Gasteiger partial charge >= 0.3 is 0 Å². The Morgan fingerprint density at radius 1 is 1.15 bits per heavy atom. The topological polar surface area (TPSA) is 32.5 Å². The molecule has 0 radical (unpaired) electrons. The summed E-state index contributed by atoms with van der Waals surface area (Å²) in [6.45, 7) is 7.40. The zero-order chi connectivity index (χ0) is 10.5. The standard InChI is InChI=1S/C10H25N3/c1-6-10(2,11)9-13(5)8-7-12(3)4/h6-9,11H2,1-5H3. The molecule has 3 heteroatoms. The van der Waals surface area contributed by atoms with Crippen LogP contribution in [0.15, 0.2) is 0 Å². The van der Waals surface area contributed by atoms with Crippen LogP contribution >= 0.6 is 0 Å². The van der Waals surface area contributed by atoms with Crippen molar-refractivity contribution in [2.24, 2.45) is 5.73 Å². The van der Waals surface area contributed by atoms with Crippen LogP contribution < -0.4 is 5.73 Å². The number of rotatable bonds is 6. The average Bonchev–Trinajstić information content (AvgIpc) is 2.00. The van der Waals surface area contributed by atoms with E-state index in [1.807, 2.05) is 0 Å². The monoisotopic (exact) mass is 187 g/mol. The number of likely N-dealkylation sites (N-methyl/N-ethyl adjacent to an activating group) is 2. The summed E-state index contributed by atoms with van der Waals surface area (Å²) < 4.78 is 0. The van der Waals surface area contributed by atoms with E-state index in [-0.39, 0.29) is 5.54 Å². The van der Waals surface area contributed by atoms with Gasteiger partial charge in [0.2, 0.25) is 0 Å². The minimum absolute atomic E-state index is 0.0406. The molecule has 0 saturated carbocycles. The molecule has 0 aromatic heterocycles. The molecule has 0 saturated heterocycles. The molecule has 0 aliphatic rings. The Labute approximate surface area is 82.9 Å². The molecule has 0 aromatic rings. The van der Waals surface area contributed by atoms with Gasteiger partial charge in [-0.3, -0.25) is 0 Å². The second-order valence-electron chi connectivity index (χ2n) is 4.55. The van der Waals surface area contributed by atoms with E-state index in [9.17, 15) is 0 Å². The van der Waals surface area contributed by atoms with Gasteiger partial charge in [0.25, 0.3) is 0 Å². The lowest BCUT2D eigenvalue weighted by Gasteiger charge is -2.29. The first kappa shape index (κ1) is 12.9. The molecule has 0 aliphatic heterocycles. The lowest BCUT2D eigenvalue weighted by atomic mass is 10.0. The third-order valence-corrected chi connectivity index (χ3v) is 2.37. The highest BCUT2D eigenvalue weighted by atomic mass is 15.2. The van der Waals surface area contributed by atoms with Crippen molar-refractivity contribution in [3.8, 4) is 0 Å². The van der Waals surface area contributed by atoms with Crippen LogP contribution in [0.5, 0.6) is 0 Å². The maximum absolute atomic E-state index is 6.07. The van der Waals surface area contributed by atoms with Crippen molar-refractivity contribution in [2.75, 3.05) is 40.8 Å². The normalized spacial score (nSPS) is 16.6. The summed E-state index contributed by atoms with van der Waals surface area (Å²) in [5.74, 6) is 0. The van der Waals surface area contributed by atoms with Gasteiger partial charge in [0, 0.05) is 25.2 Å². The molecule has 1 atom stereocenters. The van der Waals surface area contributed by atoms with E-state index in [0.717, 1.165) is 26.1 Å². The zero-order valence-electron chi connectivity index (χ0n) is 9.80. The summed E-state index contributed by atoms with van der Waals surface area (Å²) in [6, 6.07) is 0. The van der Waals surface area contributed by atoms with Crippen LogP contribution in [-0.4, -0.2) is 56.1 Å². The zero-order valence-corrected chi connectivity index (χ0v) is 9.80. The molecule has 2 N–H and O–H groups in total. The molecule has 13 heavy (non-hydrogen) atoms. The van der Waals surface area contributed by atoms with Gasteiger partial charge in [-0.1, -0.05) is 6.92 Å². The highest BCUT2D eigenvalue weighted by Gasteiger charge is 2.17. The molecule has 3 nitrogen and oxygen atoms in total. The lowest BCUT2D eigenvalue weighted by molar-refractivity contribution is 0.230. The maximum Gasteiger partial charge on any atom is 0.0252 e. The van der Waals surface area contributed by atoms with Gasteiger partial charge in [-0.2, -0.15) is 0 Å². The summed E-state index contributed by atoms with van der Waals surface area (Å²) >= 11 is 0. The third-order valence-electron chi connectivity index (χ3n) is 2.37. The quantitative estimate of drug-likeness (QED) is 0.661. The van der Waals surface area contributed by atoms with Crippen LogP contribution in [0.25, 0.3) is 0 Å². The molecule has 0 heterocycles. The minimum atomic E-state index is -0.0406. The highest BCUT2D eigenvalue weighted by molar-refractivity contribution is 4.79. The maximum atomic E-state index is 6.07. The van der Waals surface area contributed by atoms with Crippen molar-refractivity contribution in [3.63, 3.8) is 0 Å². The van der Waals surface area contributed by atoms with E-state index in [4.69, 9.17) is 5.73 Å². The third kappa shape index (κ3) is 6.99. The number of nitrogens with two attached hydrogens (primary N) is 1. The second kappa shape index (κ2) is 5.58. The first-order chi connectivity index (χ1) is 5.87. The first-order valence-electron chi connectivity index (χ1n) is 4.99. The summed E-state index contributed by atoms with van der Waals surface area (Å²) in [4.78, 5) is 4.49. The molecule has 0 spiro atoms. The van der Waals surface area contributed by atoms with Gasteiger partial charge < -0.3 is 15.5 Å². The summed E-state index contributed by atoms with van der Waals surface area (Å²) in [5, 5.41) is 0. The summed E-state index contributed by atoms with van der Waals surface area (Å²) in [6.07, 6.45) is 1.03. The molecule has 80 valence electrons. The molecular weight excluding hydrogens is 162 g/mol. The van der Waals surface area contributed by atoms with Gasteiger partial charge in [0.05, 0.1) is 0 Å². The molecule has 0 amide bonds. The van der Waals surface area contributed by atoms with Gasteiger partial charge in [-0.15, -0.1) is 0 Å². The highest BCUT2D eigenvalue weighted by Crippen LogP contribution is 2.05. The Hall–Kier alpha value is -0.120. The van der Waals surface area contributed by atoms with E-state index in [1.54, 1.807) is 0 Å². The molecule has 0 fully saturated rings. The fraction of sp³-hybridized carbons (Fsp3) is 1.00. The first-order valence-corrected chi connectivity index (χ1v) is 4.99. The summed E-state index contributed by atoms with van der Waals surface area (Å²) in [5.41, 5.74) is 6.03. The second-order valence-corrected chi connectivity index (χ2v) is 4.55. The molecular formula is C10H25N3. The van der Waals surface area contributed by atoms with E-state index in [1.165, 1.54) is 0 Å². The number of hydrogen-bond acceptors (Lipinski definition) is 3. The van der Waals surface area contributed by atoms with E-state index < -0.39 is 0 Å². The molecule has 0 aliphatic carbocycles. The number of nitrogens with zero attached hydrogens (tertiary/aromatic N) is 2. The van der Waals surface area contributed by atoms with Crippen LogP contribution in [0.3, 0.4) is 0 Å². The lowest BCUT2D eigenvalue weighted by Crippen LogP contribution is -2.47. The van der Waals surface area contributed by atoms with E-state index in [0.29, 0.717) is 0 Å². The van der Waals surface area contributed by atoms with Crippen LogP contribution in [0.4, 0.5) is 0 Å². The van der Waals surface area contributed by atoms with Crippen molar-refractivity contribution >= 4 is 0 Å². The smallest absolute Gasteiger partial charge is 0.0252 e. The average molecular weight is 187 g/mol. The van der Waals surface area contributed by atoms with Gasteiger partial charge in [-0.05, 0) is 34.5 Å². The fourth-order valence-corrected chi connectivity index (χ4v) is 1.18. The van der Waals surface area contributed by atoms with Gasteiger partial charge in [0.1, 0.15) is 0 Å². The molecule has 0 aromatic carbocycles. The van der Waals surface area contributed by atoms with Gasteiger partial charge in [0.15, 0.2) is 0 Å². The van der Waals surface area contributed by atoms with Crippen molar-refractivity contribution in [2.45, 2.75) is 25.8 Å². The Morgan fingerprint density at radius 2 is 1.69 bits per heavy atom. The minimum Gasteiger partial charge on any atom is -0.324 e. The molecule has 1 unspecified atom stereocenters. The van der Waals surface area contributed by atoms with Crippen molar-refractivity contribution in [1.29, 1.82) is 0 Å². The Kier molecular flexibility index (Phi) is 5.53. The SMILES string of the molecule is CCC(C)(N)CN(C)CCN(C)C. The van der Waals surface area contributed by atoms with Gasteiger partial charge in [-0.25, -0.2) is 0 Å². The van der Waals surface area contributed by atoms with E-state index >= 15 is 0 Å². The van der Waals surface area contributed by atoms with Crippen molar-refractivity contribution in [3.05, 3.63) is 0 Å².